The maximum atomic E-state index is 12.8. The van der Waals surface area contributed by atoms with Crippen molar-refractivity contribution in [3.05, 3.63) is 29.3 Å². The Bertz CT molecular complexity index is 742. The van der Waals surface area contributed by atoms with Crippen LogP contribution in [0.25, 0.3) is 0 Å². The number of nitrogens with one attached hydrogen (secondary N) is 2. The average molecular weight is 365 g/mol. The zero-order valence-corrected chi connectivity index (χ0v) is 15.7. The molecule has 1 aromatic rings. The molecule has 0 spiro atoms. The quantitative estimate of drug-likeness (QED) is 0.850. The van der Waals surface area contributed by atoms with E-state index in [1.54, 1.807) is 19.1 Å². The molecule has 138 valence electrons. The summed E-state index contributed by atoms with van der Waals surface area (Å²) in [5.74, 6) is -0.105. The molecule has 1 aromatic carbocycles. The molecule has 0 bridgehead atoms. The summed E-state index contributed by atoms with van der Waals surface area (Å²) in [5, 5.41) is 3.26. The standard InChI is InChI=1S/C18H27N3O3S/c1-13-7-8-15(18(22)21-10-9-19-12-14(21)2)11-17(13)25(23,24)20-16-5-3-4-6-16/h7-8,11,14,16,19-20H,3-6,9-10,12H2,1-2H3. The van der Waals surface area contributed by atoms with E-state index in [1.807, 2.05) is 11.8 Å². The van der Waals surface area contributed by atoms with E-state index in [1.165, 1.54) is 6.07 Å². The van der Waals surface area contributed by atoms with Crippen molar-refractivity contribution in [3.63, 3.8) is 0 Å². The molecule has 2 N–H and O–H groups in total. The van der Waals surface area contributed by atoms with Gasteiger partial charge in [-0.25, -0.2) is 13.1 Å². The van der Waals surface area contributed by atoms with Crippen molar-refractivity contribution in [2.24, 2.45) is 0 Å². The summed E-state index contributed by atoms with van der Waals surface area (Å²) in [6.07, 6.45) is 3.89. The fourth-order valence-corrected chi connectivity index (χ4v) is 5.23. The fourth-order valence-electron chi connectivity index (χ4n) is 3.66. The maximum Gasteiger partial charge on any atom is 0.254 e. The Hall–Kier alpha value is -1.44. The van der Waals surface area contributed by atoms with E-state index < -0.39 is 10.0 Å². The minimum Gasteiger partial charge on any atom is -0.333 e. The third-order valence-electron chi connectivity index (χ3n) is 5.16. The lowest BCUT2D eigenvalue weighted by molar-refractivity contribution is 0.0655. The van der Waals surface area contributed by atoms with Crippen molar-refractivity contribution in [2.45, 2.75) is 56.5 Å². The molecule has 2 aliphatic rings. The molecule has 1 unspecified atom stereocenters. The number of carbonyl (C=O) groups is 1. The van der Waals surface area contributed by atoms with Gasteiger partial charge in [0.15, 0.2) is 0 Å². The van der Waals surface area contributed by atoms with E-state index in [0.29, 0.717) is 17.7 Å². The first kappa shape index (κ1) is 18.4. The van der Waals surface area contributed by atoms with Crippen LogP contribution < -0.4 is 10.0 Å². The number of aryl methyl sites for hydroxylation is 1. The lowest BCUT2D eigenvalue weighted by atomic mass is 10.1. The molecule has 1 atom stereocenters. The number of carbonyl (C=O) groups excluding carboxylic acids is 1. The highest BCUT2D eigenvalue weighted by Crippen LogP contribution is 2.23. The molecule has 1 saturated heterocycles. The first-order valence-corrected chi connectivity index (χ1v) is 10.5. The van der Waals surface area contributed by atoms with E-state index in [-0.39, 0.29) is 22.9 Å². The Kier molecular flexibility index (Phi) is 5.46. The Morgan fingerprint density at radius 2 is 2.00 bits per heavy atom. The van der Waals surface area contributed by atoms with E-state index >= 15 is 0 Å². The van der Waals surface area contributed by atoms with Gasteiger partial charge in [0, 0.05) is 37.3 Å². The van der Waals surface area contributed by atoms with Crippen LogP contribution in [0.3, 0.4) is 0 Å². The SMILES string of the molecule is Cc1ccc(C(=O)N2CCNCC2C)cc1S(=O)(=O)NC1CCCC1. The third-order valence-corrected chi connectivity index (χ3v) is 6.83. The average Bonchev–Trinajstić information content (AvgIpc) is 3.07. The fraction of sp³-hybridized carbons (Fsp3) is 0.611. The van der Waals surface area contributed by atoms with E-state index in [4.69, 9.17) is 0 Å². The van der Waals surface area contributed by atoms with Gasteiger partial charge in [0.2, 0.25) is 10.0 Å². The zero-order chi connectivity index (χ0) is 18.0. The number of benzene rings is 1. The highest BCUT2D eigenvalue weighted by Gasteiger charge is 2.27. The number of amides is 1. The minimum atomic E-state index is -3.61. The first-order valence-electron chi connectivity index (χ1n) is 9.03. The lowest BCUT2D eigenvalue weighted by Crippen LogP contribution is -2.52. The van der Waals surface area contributed by atoms with E-state index in [2.05, 4.69) is 10.0 Å². The molecular formula is C18H27N3O3S. The van der Waals surface area contributed by atoms with Crippen molar-refractivity contribution in [1.82, 2.24) is 14.9 Å². The van der Waals surface area contributed by atoms with Crippen LogP contribution in [0.5, 0.6) is 0 Å². The molecule has 0 aromatic heterocycles. The van der Waals surface area contributed by atoms with Crippen molar-refractivity contribution in [2.75, 3.05) is 19.6 Å². The van der Waals surface area contributed by atoms with E-state index in [9.17, 15) is 13.2 Å². The van der Waals surface area contributed by atoms with Gasteiger partial charge in [0.1, 0.15) is 0 Å². The van der Waals surface area contributed by atoms with Crippen LogP contribution in [0.15, 0.2) is 23.1 Å². The molecule has 1 heterocycles. The maximum absolute atomic E-state index is 12.8. The molecular weight excluding hydrogens is 338 g/mol. The Labute approximate surface area is 150 Å². The van der Waals surface area contributed by atoms with Crippen LogP contribution in [0.2, 0.25) is 0 Å². The monoisotopic (exact) mass is 365 g/mol. The van der Waals surface area contributed by atoms with Gasteiger partial charge in [-0.05, 0) is 44.4 Å². The number of sulfonamides is 1. The van der Waals surface area contributed by atoms with Gasteiger partial charge >= 0.3 is 0 Å². The Balaban J connectivity index is 1.85. The number of piperazine rings is 1. The Morgan fingerprint density at radius 3 is 2.68 bits per heavy atom. The molecule has 0 radical (unpaired) electrons. The second-order valence-electron chi connectivity index (χ2n) is 7.13. The summed E-state index contributed by atoms with van der Waals surface area (Å²) in [7, 11) is -3.61. The molecule has 2 fully saturated rings. The lowest BCUT2D eigenvalue weighted by Gasteiger charge is -2.34. The molecule has 25 heavy (non-hydrogen) atoms. The van der Waals surface area contributed by atoms with Crippen LogP contribution in [0, 0.1) is 6.92 Å². The van der Waals surface area contributed by atoms with Crippen LogP contribution in [0.4, 0.5) is 0 Å². The van der Waals surface area contributed by atoms with Gasteiger partial charge in [-0.3, -0.25) is 4.79 Å². The van der Waals surface area contributed by atoms with Crippen molar-refractivity contribution >= 4 is 15.9 Å². The smallest absolute Gasteiger partial charge is 0.254 e. The summed E-state index contributed by atoms with van der Waals surface area (Å²) in [5.41, 5.74) is 1.10. The summed E-state index contributed by atoms with van der Waals surface area (Å²) < 4.78 is 28.4. The molecule has 1 amide bonds. The topological polar surface area (TPSA) is 78.5 Å². The molecule has 1 aliphatic heterocycles. The molecule has 6 nitrogen and oxygen atoms in total. The van der Waals surface area contributed by atoms with Crippen LogP contribution >= 0.6 is 0 Å². The summed E-state index contributed by atoms with van der Waals surface area (Å²) in [6.45, 7) is 5.92. The molecule has 7 heteroatoms. The highest BCUT2D eigenvalue weighted by atomic mass is 32.2. The van der Waals surface area contributed by atoms with Crippen LogP contribution in [-0.2, 0) is 10.0 Å². The van der Waals surface area contributed by atoms with Gasteiger partial charge in [0.05, 0.1) is 4.90 Å². The van der Waals surface area contributed by atoms with Crippen molar-refractivity contribution in [3.8, 4) is 0 Å². The van der Waals surface area contributed by atoms with Gasteiger partial charge in [0.25, 0.3) is 5.91 Å². The minimum absolute atomic E-state index is 0.0111. The third kappa shape index (κ3) is 4.04. The van der Waals surface area contributed by atoms with Crippen molar-refractivity contribution < 1.29 is 13.2 Å². The van der Waals surface area contributed by atoms with Crippen molar-refractivity contribution in [1.29, 1.82) is 0 Å². The summed E-state index contributed by atoms with van der Waals surface area (Å²) in [6, 6.07) is 5.09. The molecule has 1 aliphatic carbocycles. The predicted octanol–water partition coefficient (Wildman–Crippen LogP) is 1.65. The number of hydrogen-bond acceptors (Lipinski definition) is 4. The van der Waals surface area contributed by atoms with E-state index in [0.717, 1.165) is 38.8 Å². The molecule has 3 rings (SSSR count). The first-order chi connectivity index (χ1) is 11.9. The van der Waals surface area contributed by atoms with Gasteiger partial charge in [-0.15, -0.1) is 0 Å². The Morgan fingerprint density at radius 1 is 1.28 bits per heavy atom. The van der Waals surface area contributed by atoms with Gasteiger partial charge in [-0.2, -0.15) is 0 Å². The normalized spacial score (nSPS) is 22.3. The second-order valence-corrected chi connectivity index (χ2v) is 8.82. The summed E-state index contributed by atoms with van der Waals surface area (Å²) in [4.78, 5) is 14.9. The number of rotatable bonds is 4. The van der Waals surface area contributed by atoms with Gasteiger partial charge < -0.3 is 10.2 Å². The van der Waals surface area contributed by atoms with Crippen LogP contribution in [0.1, 0.15) is 48.5 Å². The zero-order valence-electron chi connectivity index (χ0n) is 14.9. The number of nitrogens with zero attached hydrogens (tertiary/aromatic N) is 1. The predicted molar refractivity (Wildman–Crippen MR) is 97.1 cm³/mol. The number of hydrogen-bond donors (Lipinski definition) is 2. The highest BCUT2D eigenvalue weighted by molar-refractivity contribution is 7.89. The largest absolute Gasteiger partial charge is 0.333 e. The van der Waals surface area contributed by atoms with Crippen LogP contribution in [-0.4, -0.2) is 50.9 Å². The molecule has 1 saturated carbocycles. The van der Waals surface area contributed by atoms with Gasteiger partial charge in [-0.1, -0.05) is 18.9 Å². The summed E-state index contributed by atoms with van der Waals surface area (Å²) >= 11 is 0. The second kappa shape index (κ2) is 7.43.